The second kappa shape index (κ2) is 4.73. The highest BCUT2D eigenvalue weighted by Crippen LogP contribution is 2.26. The Labute approximate surface area is 84.5 Å². The average Bonchev–Trinajstić information content (AvgIpc) is 2.68. The first-order valence-electron chi connectivity index (χ1n) is 5.62. The van der Waals surface area contributed by atoms with Gasteiger partial charge in [0.15, 0.2) is 5.34 Å². The number of hydrogen-bond donors (Lipinski definition) is 0. The first kappa shape index (κ1) is 9.90. The summed E-state index contributed by atoms with van der Waals surface area (Å²) < 4.78 is 0. The van der Waals surface area contributed by atoms with Crippen molar-refractivity contribution in [2.75, 3.05) is 13.1 Å². The van der Waals surface area contributed by atoms with E-state index >= 15 is 0 Å². The van der Waals surface area contributed by atoms with Gasteiger partial charge in [-0.25, -0.2) is 0 Å². The number of likely N-dealkylation sites (tertiary alicyclic amines) is 1. The summed E-state index contributed by atoms with van der Waals surface area (Å²) in [6, 6.07) is 0.740. The molecule has 0 spiro atoms. The minimum atomic E-state index is 0.0504. The lowest BCUT2D eigenvalue weighted by atomic mass is 9.94. The maximum atomic E-state index is 9.95. The van der Waals surface area contributed by atoms with E-state index in [0.717, 1.165) is 25.6 Å². The fourth-order valence-electron chi connectivity index (χ4n) is 2.68. The van der Waals surface area contributed by atoms with Crippen molar-refractivity contribution in [3.63, 3.8) is 0 Å². The van der Waals surface area contributed by atoms with Crippen molar-refractivity contribution in [2.24, 2.45) is 5.34 Å². The number of hydrogen-bond acceptors (Lipinski definition) is 4. The van der Waals surface area contributed by atoms with E-state index in [0.29, 0.717) is 0 Å². The van der Waals surface area contributed by atoms with E-state index in [-0.39, 0.29) is 6.10 Å². The molecule has 0 bridgehead atoms. The van der Waals surface area contributed by atoms with Crippen LogP contribution in [-0.4, -0.2) is 30.1 Å². The van der Waals surface area contributed by atoms with Crippen LogP contribution in [0.15, 0.2) is 5.34 Å². The van der Waals surface area contributed by atoms with Crippen LogP contribution in [0.5, 0.6) is 0 Å². The van der Waals surface area contributed by atoms with E-state index in [1.54, 1.807) is 0 Å². The highest BCUT2D eigenvalue weighted by atomic mass is 16.7. The minimum Gasteiger partial charge on any atom is -0.359 e. The second-order valence-corrected chi connectivity index (χ2v) is 4.38. The molecule has 14 heavy (non-hydrogen) atoms. The molecule has 1 atom stereocenters. The van der Waals surface area contributed by atoms with Gasteiger partial charge in [0.2, 0.25) is 0 Å². The van der Waals surface area contributed by atoms with Crippen LogP contribution in [0.2, 0.25) is 0 Å². The normalized spacial score (nSPS) is 30.4. The maximum Gasteiger partial charge on any atom is 0.155 e. The van der Waals surface area contributed by atoms with Crippen LogP contribution >= 0.6 is 0 Å². The van der Waals surface area contributed by atoms with Crippen molar-refractivity contribution in [2.45, 2.75) is 50.7 Å². The van der Waals surface area contributed by atoms with Crippen molar-refractivity contribution in [1.29, 1.82) is 0 Å². The zero-order valence-corrected chi connectivity index (χ0v) is 8.52. The highest BCUT2D eigenvalue weighted by Gasteiger charge is 2.30. The lowest BCUT2D eigenvalue weighted by Gasteiger charge is -2.30. The Morgan fingerprint density at radius 2 is 1.93 bits per heavy atom. The molecule has 4 nitrogen and oxygen atoms in total. The summed E-state index contributed by atoms with van der Waals surface area (Å²) in [5, 5.41) is 2.52. The molecule has 1 heterocycles. The lowest BCUT2D eigenvalue weighted by molar-refractivity contribution is 0.0546. The Morgan fingerprint density at radius 1 is 1.14 bits per heavy atom. The first-order valence-corrected chi connectivity index (χ1v) is 5.62. The topological polar surface area (TPSA) is 41.9 Å². The Bertz CT molecular complexity index is 193. The Balaban J connectivity index is 1.78. The summed E-state index contributed by atoms with van der Waals surface area (Å²) in [5.74, 6) is 0. The molecule has 0 aromatic heterocycles. The number of rotatable bonds is 3. The Hall–Kier alpha value is -0.640. The fourth-order valence-corrected chi connectivity index (χ4v) is 2.68. The van der Waals surface area contributed by atoms with Gasteiger partial charge in [0.1, 0.15) is 6.10 Å². The molecule has 2 aliphatic rings. The molecule has 1 saturated carbocycles. The zero-order valence-electron chi connectivity index (χ0n) is 8.52. The molecule has 80 valence electrons. The van der Waals surface area contributed by atoms with E-state index in [1.165, 1.54) is 32.1 Å². The van der Waals surface area contributed by atoms with Gasteiger partial charge in [-0.1, -0.05) is 19.3 Å². The monoisotopic (exact) mass is 198 g/mol. The van der Waals surface area contributed by atoms with Gasteiger partial charge in [-0.15, -0.1) is 4.91 Å². The van der Waals surface area contributed by atoms with Gasteiger partial charge in [0.05, 0.1) is 0 Å². The number of nitrogens with zero attached hydrogens (tertiary/aromatic N) is 2. The maximum absolute atomic E-state index is 9.95. The van der Waals surface area contributed by atoms with Crippen LogP contribution < -0.4 is 0 Å². The van der Waals surface area contributed by atoms with Gasteiger partial charge in [-0.3, -0.25) is 4.90 Å². The molecule has 4 heteroatoms. The van der Waals surface area contributed by atoms with Crippen molar-refractivity contribution in [3.05, 3.63) is 4.91 Å². The van der Waals surface area contributed by atoms with Crippen LogP contribution in [0, 0.1) is 4.91 Å². The van der Waals surface area contributed by atoms with E-state index in [1.807, 2.05) is 0 Å². The second-order valence-electron chi connectivity index (χ2n) is 4.38. The Kier molecular flexibility index (Phi) is 3.35. The SMILES string of the molecule is O=NOC1CCN(C2CCCCC2)C1. The summed E-state index contributed by atoms with van der Waals surface area (Å²) in [7, 11) is 0. The molecule has 0 radical (unpaired) electrons. The predicted octanol–water partition coefficient (Wildman–Crippen LogP) is 2.09. The summed E-state index contributed by atoms with van der Waals surface area (Å²) in [6.45, 7) is 1.97. The van der Waals surface area contributed by atoms with Crippen molar-refractivity contribution < 1.29 is 4.84 Å². The molecular formula is C10H18N2O2. The molecule has 1 saturated heterocycles. The van der Waals surface area contributed by atoms with E-state index in [2.05, 4.69) is 10.2 Å². The molecule has 2 rings (SSSR count). The molecular weight excluding hydrogens is 180 g/mol. The Morgan fingerprint density at radius 3 is 2.64 bits per heavy atom. The zero-order chi connectivity index (χ0) is 9.80. The van der Waals surface area contributed by atoms with Gasteiger partial charge in [-0.2, -0.15) is 0 Å². The summed E-state index contributed by atoms with van der Waals surface area (Å²) >= 11 is 0. The first-order chi connectivity index (χ1) is 6.90. The third-order valence-electron chi connectivity index (χ3n) is 3.46. The molecule has 1 unspecified atom stereocenters. The third-order valence-corrected chi connectivity index (χ3v) is 3.46. The quantitative estimate of drug-likeness (QED) is 0.515. The summed E-state index contributed by atoms with van der Waals surface area (Å²) in [6.07, 6.45) is 7.76. The van der Waals surface area contributed by atoms with Crippen LogP contribution in [0.4, 0.5) is 0 Å². The van der Waals surface area contributed by atoms with Crippen molar-refractivity contribution in [3.8, 4) is 0 Å². The van der Waals surface area contributed by atoms with E-state index in [4.69, 9.17) is 4.84 Å². The van der Waals surface area contributed by atoms with Gasteiger partial charge in [-0.05, 0) is 12.8 Å². The van der Waals surface area contributed by atoms with Crippen molar-refractivity contribution >= 4 is 0 Å². The summed E-state index contributed by atoms with van der Waals surface area (Å²) in [4.78, 5) is 17.2. The average molecular weight is 198 g/mol. The molecule has 1 aliphatic heterocycles. The molecule has 0 amide bonds. The largest absolute Gasteiger partial charge is 0.359 e. The molecule has 0 N–H and O–H groups in total. The van der Waals surface area contributed by atoms with Gasteiger partial charge in [0, 0.05) is 25.6 Å². The minimum absolute atomic E-state index is 0.0504. The highest BCUT2D eigenvalue weighted by molar-refractivity contribution is 4.83. The van der Waals surface area contributed by atoms with Gasteiger partial charge >= 0.3 is 0 Å². The fraction of sp³-hybridized carbons (Fsp3) is 1.00. The van der Waals surface area contributed by atoms with Crippen LogP contribution in [0.1, 0.15) is 38.5 Å². The lowest BCUT2D eigenvalue weighted by Crippen LogP contribution is -2.35. The molecule has 0 aromatic carbocycles. The molecule has 0 aromatic rings. The van der Waals surface area contributed by atoms with Crippen LogP contribution in [0.3, 0.4) is 0 Å². The smallest absolute Gasteiger partial charge is 0.155 e. The molecule has 2 fully saturated rings. The standard InChI is InChI=1S/C10H18N2O2/c13-11-14-10-6-7-12(8-10)9-4-2-1-3-5-9/h9-10H,1-8H2. The van der Waals surface area contributed by atoms with Crippen molar-refractivity contribution in [1.82, 2.24) is 4.90 Å². The molecule has 1 aliphatic carbocycles. The van der Waals surface area contributed by atoms with Gasteiger partial charge < -0.3 is 4.84 Å². The third kappa shape index (κ3) is 2.23. The van der Waals surface area contributed by atoms with Gasteiger partial charge in [0.25, 0.3) is 0 Å². The van der Waals surface area contributed by atoms with Crippen LogP contribution in [-0.2, 0) is 4.84 Å². The van der Waals surface area contributed by atoms with E-state index in [9.17, 15) is 4.91 Å². The summed E-state index contributed by atoms with van der Waals surface area (Å²) in [5.41, 5.74) is 0. The predicted molar refractivity (Wildman–Crippen MR) is 53.7 cm³/mol. The van der Waals surface area contributed by atoms with Crippen LogP contribution in [0.25, 0.3) is 0 Å². The van der Waals surface area contributed by atoms with E-state index < -0.39 is 0 Å².